The first-order valence-electron chi connectivity index (χ1n) is 9.71. The predicted octanol–water partition coefficient (Wildman–Crippen LogP) is 4.76. The number of rotatable bonds is 4. The third-order valence-electron chi connectivity index (χ3n) is 5.27. The zero-order chi connectivity index (χ0) is 21.4. The summed E-state index contributed by atoms with van der Waals surface area (Å²) in [4.78, 5) is 26.3. The number of benzene rings is 2. The second-order valence-corrected chi connectivity index (χ2v) is 7.59. The van der Waals surface area contributed by atoms with Gasteiger partial charge < -0.3 is 15.5 Å². The lowest BCUT2D eigenvalue weighted by molar-refractivity contribution is -0.112. The number of carbonyl (C=O) groups is 2. The van der Waals surface area contributed by atoms with Crippen LogP contribution in [0, 0.1) is 5.92 Å². The fourth-order valence-electron chi connectivity index (χ4n) is 4.01. The zero-order valence-corrected chi connectivity index (χ0v) is 16.7. The number of carboxylic acids is 1. The largest absolute Gasteiger partial charge is 0.505 e. The Hall–Kier alpha value is -3.80. The molecule has 2 aromatic rings. The number of hydrogen-bond donors (Lipinski definition) is 3. The van der Waals surface area contributed by atoms with Crippen LogP contribution < -0.4 is 10.2 Å². The van der Waals surface area contributed by atoms with Crippen LogP contribution in [0.5, 0.6) is 5.75 Å². The van der Waals surface area contributed by atoms with Gasteiger partial charge in [0.15, 0.2) is 5.75 Å². The van der Waals surface area contributed by atoms with Gasteiger partial charge in [0.2, 0.25) is 0 Å². The average molecular weight is 402 g/mol. The number of amides is 1. The third-order valence-corrected chi connectivity index (χ3v) is 5.27. The van der Waals surface area contributed by atoms with Gasteiger partial charge >= 0.3 is 5.97 Å². The van der Waals surface area contributed by atoms with Crippen LogP contribution in [0.2, 0.25) is 0 Å². The second-order valence-electron chi connectivity index (χ2n) is 7.59. The maximum absolute atomic E-state index is 13.4. The van der Waals surface area contributed by atoms with Gasteiger partial charge in [0.1, 0.15) is 5.56 Å². The van der Waals surface area contributed by atoms with Crippen molar-refractivity contribution in [2.24, 2.45) is 5.92 Å². The van der Waals surface area contributed by atoms with E-state index in [1.54, 1.807) is 11.0 Å². The van der Waals surface area contributed by atoms with Crippen LogP contribution in [0.4, 0.5) is 11.4 Å². The minimum Gasteiger partial charge on any atom is -0.505 e. The molecule has 0 spiro atoms. The van der Waals surface area contributed by atoms with E-state index in [4.69, 9.17) is 0 Å². The van der Waals surface area contributed by atoms with E-state index in [0.29, 0.717) is 11.5 Å². The Morgan fingerprint density at radius 2 is 1.97 bits per heavy atom. The van der Waals surface area contributed by atoms with E-state index < -0.39 is 5.97 Å². The molecule has 6 heteroatoms. The number of para-hydroxylation sites is 2. The first kappa shape index (κ1) is 19.5. The van der Waals surface area contributed by atoms with Crippen LogP contribution in [0.25, 0.3) is 5.57 Å². The highest BCUT2D eigenvalue weighted by molar-refractivity contribution is 6.33. The minimum absolute atomic E-state index is 0.161. The van der Waals surface area contributed by atoms with E-state index in [1.807, 2.05) is 37.3 Å². The Morgan fingerprint density at radius 1 is 1.20 bits per heavy atom. The number of anilines is 2. The molecule has 1 aliphatic heterocycles. The topological polar surface area (TPSA) is 89.9 Å². The van der Waals surface area contributed by atoms with Gasteiger partial charge in [-0.3, -0.25) is 9.69 Å². The number of carbonyl (C=O) groups excluding carboxylic acids is 1. The van der Waals surface area contributed by atoms with Crippen LogP contribution >= 0.6 is 0 Å². The minimum atomic E-state index is -1.22. The summed E-state index contributed by atoms with van der Waals surface area (Å²) in [5, 5.41) is 22.3. The smallest absolute Gasteiger partial charge is 0.339 e. The molecule has 3 N–H and O–H groups in total. The van der Waals surface area contributed by atoms with Crippen molar-refractivity contribution >= 4 is 28.8 Å². The fourth-order valence-corrected chi connectivity index (χ4v) is 4.01. The average Bonchev–Trinajstić information content (AvgIpc) is 2.97. The molecule has 0 radical (unpaired) electrons. The molecule has 0 saturated heterocycles. The standard InChI is InChI=1S/C24H22N2O4/c1-14-10-15(2)12-16(11-14)26-21-9-4-3-6-17(21)19(23(26)28)13-25-20-8-5-7-18(22(20)27)24(29)30/h3-11,13,15,25,27H,12H2,1-2H3,(H,29,30)/b19-13-. The van der Waals surface area contributed by atoms with E-state index in [1.165, 1.54) is 18.3 Å². The third kappa shape index (κ3) is 3.37. The molecule has 0 fully saturated rings. The highest BCUT2D eigenvalue weighted by atomic mass is 16.4. The molecule has 6 nitrogen and oxygen atoms in total. The molecule has 1 heterocycles. The van der Waals surface area contributed by atoms with Crippen molar-refractivity contribution in [2.45, 2.75) is 20.3 Å². The van der Waals surface area contributed by atoms with Gasteiger partial charge in [-0.05, 0) is 43.5 Å². The molecule has 2 aromatic carbocycles. The first-order valence-corrected chi connectivity index (χ1v) is 9.71. The summed E-state index contributed by atoms with van der Waals surface area (Å²) < 4.78 is 0. The van der Waals surface area contributed by atoms with Crippen molar-refractivity contribution in [3.05, 3.63) is 83.2 Å². The highest BCUT2D eigenvalue weighted by Crippen LogP contribution is 2.41. The lowest BCUT2D eigenvalue weighted by atomic mass is 9.95. The molecular weight excluding hydrogens is 380 g/mol. The van der Waals surface area contributed by atoms with Crippen molar-refractivity contribution in [1.82, 2.24) is 0 Å². The van der Waals surface area contributed by atoms with Gasteiger partial charge in [0, 0.05) is 17.5 Å². The number of fused-ring (bicyclic) bond motifs is 1. The SMILES string of the molecule is CC1=CC(C)CC(N2C(=O)/C(=C\Nc3cccc(C(=O)O)c3O)c3ccccc32)=C1. The molecule has 2 aliphatic rings. The Balaban J connectivity index is 1.72. The van der Waals surface area contributed by atoms with Crippen molar-refractivity contribution in [1.29, 1.82) is 0 Å². The lowest BCUT2D eigenvalue weighted by Crippen LogP contribution is -2.27. The maximum atomic E-state index is 13.4. The van der Waals surface area contributed by atoms with Crippen LogP contribution in [0.1, 0.15) is 36.2 Å². The van der Waals surface area contributed by atoms with Crippen molar-refractivity contribution in [3.63, 3.8) is 0 Å². The Bertz CT molecular complexity index is 1140. The molecule has 0 aromatic heterocycles. The number of nitrogens with zero attached hydrogens (tertiary/aromatic N) is 1. The van der Waals surface area contributed by atoms with Crippen molar-refractivity contribution in [2.75, 3.05) is 10.2 Å². The van der Waals surface area contributed by atoms with Crippen LogP contribution in [-0.4, -0.2) is 22.1 Å². The van der Waals surface area contributed by atoms with Gasteiger partial charge in [-0.2, -0.15) is 0 Å². The monoisotopic (exact) mass is 402 g/mol. The highest BCUT2D eigenvalue weighted by Gasteiger charge is 2.35. The summed E-state index contributed by atoms with van der Waals surface area (Å²) in [6.45, 7) is 4.15. The Morgan fingerprint density at radius 3 is 2.70 bits per heavy atom. The van der Waals surface area contributed by atoms with Crippen molar-refractivity contribution < 1.29 is 19.8 Å². The Labute approximate surface area is 174 Å². The molecule has 152 valence electrons. The van der Waals surface area contributed by atoms with E-state index in [-0.39, 0.29) is 22.9 Å². The molecule has 1 atom stereocenters. The first-order chi connectivity index (χ1) is 14.4. The zero-order valence-electron chi connectivity index (χ0n) is 16.7. The summed E-state index contributed by atoms with van der Waals surface area (Å²) in [6.07, 6.45) is 6.51. The van der Waals surface area contributed by atoms with Gasteiger partial charge in [0.05, 0.1) is 16.9 Å². The quantitative estimate of drug-likeness (QED) is 0.507. The summed E-state index contributed by atoms with van der Waals surface area (Å²) in [5.41, 5.74) is 4.12. The lowest BCUT2D eigenvalue weighted by Gasteiger charge is -2.26. The molecule has 0 saturated carbocycles. The van der Waals surface area contributed by atoms with Gasteiger partial charge in [-0.1, -0.05) is 42.8 Å². The van der Waals surface area contributed by atoms with Gasteiger partial charge in [0.25, 0.3) is 5.91 Å². The number of aromatic hydroxyl groups is 1. The van der Waals surface area contributed by atoms with Gasteiger partial charge in [-0.15, -0.1) is 0 Å². The molecule has 1 aliphatic carbocycles. The fraction of sp³-hybridized carbons (Fsp3) is 0.167. The van der Waals surface area contributed by atoms with Crippen LogP contribution in [-0.2, 0) is 4.79 Å². The number of nitrogens with one attached hydrogen (secondary N) is 1. The molecule has 30 heavy (non-hydrogen) atoms. The molecule has 1 unspecified atom stereocenters. The molecular formula is C24H22N2O4. The van der Waals surface area contributed by atoms with E-state index in [0.717, 1.165) is 28.9 Å². The summed E-state index contributed by atoms with van der Waals surface area (Å²) in [6, 6.07) is 12.0. The van der Waals surface area contributed by atoms with Crippen LogP contribution in [0.3, 0.4) is 0 Å². The number of carboxylic acid groups (broad SMARTS) is 1. The van der Waals surface area contributed by atoms with E-state index in [2.05, 4.69) is 18.3 Å². The van der Waals surface area contributed by atoms with Gasteiger partial charge in [-0.25, -0.2) is 4.79 Å². The summed E-state index contributed by atoms with van der Waals surface area (Å²) in [7, 11) is 0. The molecule has 1 amide bonds. The van der Waals surface area contributed by atoms with E-state index >= 15 is 0 Å². The summed E-state index contributed by atoms with van der Waals surface area (Å²) in [5.74, 6) is -1.42. The van der Waals surface area contributed by atoms with Crippen molar-refractivity contribution in [3.8, 4) is 5.75 Å². The molecule has 0 bridgehead atoms. The number of allylic oxidation sites excluding steroid dienone is 4. The number of phenols is 1. The normalized spacial score (nSPS) is 19.4. The maximum Gasteiger partial charge on any atom is 0.339 e. The number of hydrogen-bond acceptors (Lipinski definition) is 4. The summed E-state index contributed by atoms with van der Waals surface area (Å²) >= 11 is 0. The predicted molar refractivity (Wildman–Crippen MR) is 116 cm³/mol. The van der Waals surface area contributed by atoms with Crippen LogP contribution in [0.15, 0.2) is 72.1 Å². The Kier molecular flexibility index (Phi) is 4.91. The molecule has 4 rings (SSSR count). The van der Waals surface area contributed by atoms with E-state index in [9.17, 15) is 19.8 Å². The second kappa shape index (κ2) is 7.55. The number of aromatic carboxylic acids is 1.